The number of likely N-dealkylation sites (N-methyl/N-ethyl adjacent to an activating group) is 1. The van der Waals surface area contributed by atoms with Crippen molar-refractivity contribution in [2.45, 2.75) is 58.4 Å². The molecule has 0 spiro atoms. The molecule has 1 aliphatic heterocycles. The van der Waals surface area contributed by atoms with Gasteiger partial charge in [0.25, 0.3) is 5.91 Å². The topological polar surface area (TPSA) is 71.8 Å². The zero-order valence-electron chi connectivity index (χ0n) is 22.0. The number of fused-ring (bicyclic) bond motifs is 5. The lowest BCUT2D eigenvalue weighted by Gasteiger charge is -2.24. The molecule has 1 saturated carbocycles. The van der Waals surface area contributed by atoms with Crippen LogP contribution in [0, 0.1) is 0 Å². The number of aromatic carboxylic acids is 1. The molecule has 0 atom stereocenters. The number of ether oxygens (including phenoxy) is 1. The summed E-state index contributed by atoms with van der Waals surface area (Å²) < 4.78 is 7.71. The van der Waals surface area contributed by atoms with E-state index in [1.54, 1.807) is 17.0 Å². The van der Waals surface area contributed by atoms with Crippen molar-refractivity contribution in [1.82, 2.24) is 9.47 Å². The number of hydrogen-bond donors (Lipinski definition) is 1. The molecule has 0 unspecified atom stereocenters. The maximum Gasteiger partial charge on any atom is 0.335 e. The van der Waals surface area contributed by atoms with Crippen LogP contribution < -0.4 is 0 Å². The lowest BCUT2D eigenvalue weighted by atomic mass is 9.81. The predicted octanol–water partition coefficient (Wildman–Crippen LogP) is 6.34. The zero-order valence-corrected chi connectivity index (χ0v) is 22.0. The number of benzene rings is 2. The lowest BCUT2D eigenvalue weighted by molar-refractivity contribution is -0.126. The van der Waals surface area contributed by atoms with Crippen molar-refractivity contribution in [3.8, 4) is 11.3 Å². The number of carbonyl (C=O) groups is 2. The maximum absolute atomic E-state index is 13.8. The zero-order chi connectivity index (χ0) is 26.1. The van der Waals surface area contributed by atoms with Crippen LogP contribution in [0.1, 0.15) is 73.4 Å². The SMILES string of the molecule is CCOCCN(C)C(=O)C1=C(C)c2ccccc2-c2c(C3CCCCC3)c3ccc(C(=O)O)cc3n2C1. The lowest BCUT2D eigenvalue weighted by Crippen LogP contribution is -2.32. The van der Waals surface area contributed by atoms with Gasteiger partial charge in [0.05, 0.1) is 24.4 Å². The molecule has 1 aliphatic carbocycles. The minimum atomic E-state index is -0.940. The van der Waals surface area contributed by atoms with Crippen LogP contribution in [0.5, 0.6) is 0 Å². The molecule has 1 N–H and O–H groups in total. The Kier molecular flexibility index (Phi) is 7.20. The molecular weight excluding hydrogens is 464 g/mol. The summed E-state index contributed by atoms with van der Waals surface area (Å²) in [6.45, 7) is 6.02. The van der Waals surface area contributed by atoms with E-state index in [0.29, 0.717) is 32.2 Å². The highest BCUT2D eigenvalue weighted by Gasteiger charge is 2.32. The maximum atomic E-state index is 13.8. The van der Waals surface area contributed by atoms with Gasteiger partial charge in [0.2, 0.25) is 0 Å². The second kappa shape index (κ2) is 10.5. The molecular formula is C31H36N2O4. The van der Waals surface area contributed by atoms with Gasteiger partial charge in [-0.1, -0.05) is 49.6 Å². The minimum Gasteiger partial charge on any atom is -0.478 e. The van der Waals surface area contributed by atoms with Gasteiger partial charge < -0.3 is 19.3 Å². The van der Waals surface area contributed by atoms with Crippen molar-refractivity contribution >= 4 is 28.4 Å². The van der Waals surface area contributed by atoms with E-state index in [4.69, 9.17) is 4.74 Å². The summed E-state index contributed by atoms with van der Waals surface area (Å²) in [5.74, 6) is -0.540. The molecule has 2 aliphatic rings. The first-order valence-electron chi connectivity index (χ1n) is 13.4. The van der Waals surface area contributed by atoms with Gasteiger partial charge in [-0.3, -0.25) is 4.79 Å². The number of amides is 1. The Labute approximate surface area is 218 Å². The summed E-state index contributed by atoms with van der Waals surface area (Å²) in [5.41, 5.74) is 7.51. The fourth-order valence-electron chi connectivity index (χ4n) is 6.13. The second-order valence-electron chi connectivity index (χ2n) is 10.3. The number of nitrogens with zero attached hydrogens (tertiary/aromatic N) is 2. The van der Waals surface area contributed by atoms with Crippen molar-refractivity contribution in [3.05, 3.63) is 64.7 Å². The first-order valence-corrected chi connectivity index (χ1v) is 13.4. The molecule has 1 fully saturated rings. The Morgan fingerprint density at radius 3 is 2.51 bits per heavy atom. The number of carboxylic acids is 1. The molecule has 194 valence electrons. The normalized spacial score (nSPS) is 15.9. The van der Waals surface area contributed by atoms with Crippen LogP contribution in [0.25, 0.3) is 27.7 Å². The van der Waals surface area contributed by atoms with E-state index in [-0.39, 0.29) is 11.5 Å². The van der Waals surface area contributed by atoms with E-state index in [2.05, 4.69) is 22.8 Å². The molecule has 2 heterocycles. The van der Waals surface area contributed by atoms with Gasteiger partial charge in [-0.05, 0) is 61.4 Å². The van der Waals surface area contributed by atoms with Crippen LogP contribution in [0.4, 0.5) is 0 Å². The molecule has 6 heteroatoms. The molecule has 37 heavy (non-hydrogen) atoms. The molecule has 6 nitrogen and oxygen atoms in total. The average molecular weight is 501 g/mol. The summed E-state index contributed by atoms with van der Waals surface area (Å²) >= 11 is 0. The summed E-state index contributed by atoms with van der Waals surface area (Å²) in [5, 5.41) is 10.9. The Morgan fingerprint density at radius 2 is 1.81 bits per heavy atom. The van der Waals surface area contributed by atoms with Gasteiger partial charge in [-0.2, -0.15) is 0 Å². The van der Waals surface area contributed by atoms with E-state index in [9.17, 15) is 14.7 Å². The van der Waals surface area contributed by atoms with Crippen molar-refractivity contribution < 1.29 is 19.4 Å². The summed E-state index contributed by atoms with van der Waals surface area (Å²) in [6.07, 6.45) is 5.94. The quantitative estimate of drug-likeness (QED) is 0.385. The highest BCUT2D eigenvalue weighted by Crippen LogP contribution is 2.47. The van der Waals surface area contributed by atoms with Gasteiger partial charge in [-0.15, -0.1) is 0 Å². The fourth-order valence-corrected chi connectivity index (χ4v) is 6.13. The third kappa shape index (κ3) is 4.59. The van der Waals surface area contributed by atoms with E-state index in [1.165, 1.54) is 24.8 Å². The number of hydrogen-bond acceptors (Lipinski definition) is 3. The van der Waals surface area contributed by atoms with Crippen LogP contribution >= 0.6 is 0 Å². The van der Waals surface area contributed by atoms with E-state index >= 15 is 0 Å². The van der Waals surface area contributed by atoms with Crippen molar-refractivity contribution in [3.63, 3.8) is 0 Å². The Bertz CT molecular complexity index is 1380. The molecule has 5 rings (SSSR count). The number of allylic oxidation sites excluding steroid dienone is 1. The molecule has 0 radical (unpaired) electrons. The molecule has 1 amide bonds. The van der Waals surface area contributed by atoms with Gasteiger partial charge in [0.1, 0.15) is 0 Å². The second-order valence-corrected chi connectivity index (χ2v) is 10.3. The molecule has 3 aromatic rings. The minimum absolute atomic E-state index is 0.0182. The molecule has 0 saturated heterocycles. The average Bonchev–Trinajstić information content (AvgIpc) is 3.17. The Hall–Kier alpha value is -3.38. The number of carbonyl (C=O) groups excluding carboxylic acids is 1. The van der Waals surface area contributed by atoms with Crippen LogP contribution in [-0.4, -0.2) is 53.3 Å². The summed E-state index contributed by atoms with van der Waals surface area (Å²) in [4.78, 5) is 27.5. The highest BCUT2D eigenvalue weighted by atomic mass is 16.5. The van der Waals surface area contributed by atoms with Crippen molar-refractivity contribution in [2.24, 2.45) is 0 Å². The monoisotopic (exact) mass is 500 g/mol. The standard InChI is InChI=1S/C31H36N2O4/c1-4-37-17-16-32(3)30(34)26-19-33-27-18-22(31(35)36)14-15-25(27)28(21-10-6-5-7-11-21)29(33)24-13-9-8-12-23(24)20(26)2/h8-9,12-15,18,21H,4-7,10-11,16-17,19H2,1-3H3,(H,35,36). The van der Waals surface area contributed by atoms with Gasteiger partial charge in [0.15, 0.2) is 0 Å². The molecule has 0 bridgehead atoms. The van der Waals surface area contributed by atoms with Crippen LogP contribution in [0.15, 0.2) is 48.0 Å². The third-order valence-electron chi connectivity index (χ3n) is 8.10. The van der Waals surface area contributed by atoms with Gasteiger partial charge in [-0.25, -0.2) is 4.79 Å². The van der Waals surface area contributed by atoms with E-state index in [0.717, 1.165) is 51.7 Å². The first-order chi connectivity index (χ1) is 17.9. The van der Waals surface area contributed by atoms with Gasteiger partial charge >= 0.3 is 5.97 Å². The molecule has 2 aromatic carbocycles. The number of rotatable bonds is 7. The third-order valence-corrected chi connectivity index (χ3v) is 8.10. The first kappa shape index (κ1) is 25.3. The summed E-state index contributed by atoms with van der Waals surface area (Å²) in [6, 6.07) is 13.8. The van der Waals surface area contributed by atoms with Gasteiger partial charge in [0, 0.05) is 42.2 Å². The number of carboxylic acid groups (broad SMARTS) is 1. The number of aromatic nitrogens is 1. The Balaban J connectivity index is 1.74. The smallest absolute Gasteiger partial charge is 0.335 e. The van der Waals surface area contributed by atoms with Crippen molar-refractivity contribution in [2.75, 3.05) is 26.8 Å². The Morgan fingerprint density at radius 1 is 1.08 bits per heavy atom. The van der Waals surface area contributed by atoms with Crippen LogP contribution in [-0.2, 0) is 16.1 Å². The predicted molar refractivity (Wildman–Crippen MR) is 147 cm³/mol. The largest absolute Gasteiger partial charge is 0.478 e. The van der Waals surface area contributed by atoms with Crippen LogP contribution in [0.2, 0.25) is 0 Å². The highest BCUT2D eigenvalue weighted by molar-refractivity contribution is 6.05. The molecule has 1 aromatic heterocycles. The van der Waals surface area contributed by atoms with Crippen LogP contribution in [0.3, 0.4) is 0 Å². The fraction of sp³-hybridized carbons (Fsp3) is 0.419. The summed E-state index contributed by atoms with van der Waals surface area (Å²) in [7, 11) is 1.82. The van der Waals surface area contributed by atoms with Crippen molar-refractivity contribution in [1.29, 1.82) is 0 Å². The van der Waals surface area contributed by atoms with E-state index < -0.39 is 5.97 Å². The van der Waals surface area contributed by atoms with E-state index in [1.807, 2.05) is 33.0 Å².